The summed E-state index contributed by atoms with van der Waals surface area (Å²) in [5.74, 6) is 0.195. The Kier molecular flexibility index (Phi) is 7.00. The minimum Gasteiger partial charge on any atom is -0.489 e. The first-order valence-corrected chi connectivity index (χ1v) is 10.7. The summed E-state index contributed by atoms with van der Waals surface area (Å²) in [5.41, 5.74) is 3.00. The van der Waals surface area contributed by atoms with Gasteiger partial charge in [-0.1, -0.05) is 53.7 Å². The van der Waals surface area contributed by atoms with Crippen molar-refractivity contribution in [1.82, 2.24) is 9.36 Å². The topological polar surface area (TPSA) is 87.9 Å². The largest absolute Gasteiger partial charge is 0.489 e. The van der Waals surface area contributed by atoms with E-state index in [1.807, 2.05) is 55.6 Å². The number of nitrogens with one attached hydrogen (secondary N) is 1. The van der Waals surface area contributed by atoms with Gasteiger partial charge < -0.3 is 4.74 Å². The molecule has 1 heterocycles. The smallest absolute Gasteiger partial charge is 0.268 e. The molecule has 1 N–H and O–H groups in total. The molecule has 0 atom stereocenters. The van der Waals surface area contributed by atoms with E-state index in [0.717, 1.165) is 22.7 Å². The van der Waals surface area contributed by atoms with E-state index < -0.39 is 5.91 Å². The van der Waals surface area contributed by atoms with E-state index in [9.17, 15) is 10.1 Å². The van der Waals surface area contributed by atoms with Gasteiger partial charge in [-0.25, -0.2) is 0 Å². The molecular weight excluding hydrogens is 404 g/mol. The summed E-state index contributed by atoms with van der Waals surface area (Å²) in [6.45, 7) is 2.52. The number of nitriles is 1. The van der Waals surface area contributed by atoms with Gasteiger partial charge in [0.25, 0.3) is 5.91 Å². The molecule has 8 heteroatoms. The molecule has 3 aromatic rings. The van der Waals surface area contributed by atoms with E-state index in [4.69, 9.17) is 4.74 Å². The van der Waals surface area contributed by atoms with Crippen molar-refractivity contribution in [3.8, 4) is 11.8 Å². The van der Waals surface area contributed by atoms with Gasteiger partial charge in [0.05, 0.1) is 0 Å². The summed E-state index contributed by atoms with van der Waals surface area (Å²) in [4.78, 5) is 16.4. The maximum atomic E-state index is 12.3. The number of carbonyl (C=O) groups excluding carboxylic acids is 1. The lowest BCUT2D eigenvalue weighted by atomic mass is 10.1. The molecule has 2 aromatic carbocycles. The second kappa shape index (κ2) is 9.87. The Balaban J connectivity index is 1.62. The number of anilines is 1. The highest BCUT2D eigenvalue weighted by Crippen LogP contribution is 2.19. The molecule has 0 aliphatic heterocycles. The molecule has 146 valence electrons. The van der Waals surface area contributed by atoms with E-state index in [1.54, 1.807) is 12.1 Å². The zero-order valence-electron chi connectivity index (χ0n) is 15.9. The Labute approximate surface area is 177 Å². The van der Waals surface area contributed by atoms with Gasteiger partial charge in [0, 0.05) is 11.5 Å². The number of carbonyl (C=O) groups is 1. The van der Waals surface area contributed by atoms with Crippen molar-refractivity contribution in [1.29, 1.82) is 5.26 Å². The number of ether oxygens (including phenoxy) is 1. The van der Waals surface area contributed by atoms with Gasteiger partial charge in [0.15, 0.2) is 0 Å². The van der Waals surface area contributed by atoms with Crippen molar-refractivity contribution in [2.75, 3.05) is 11.6 Å². The predicted octanol–water partition coefficient (Wildman–Crippen LogP) is 4.69. The number of amides is 1. The molecule has 0 saturated carbocycles. The number of benzene rings is 2. The normalized spacial score (nSPS) is 11.0. The summed E-state index contributed by atoms with van der Waals surface area (Å²) in [7, 11) is 0. The van der Waals surface area contributed by atoms with Gasteiger partial charge in [-0.15, -0.1) is 0 Å². The number of rotatable bonds is 7. The zero-order valence-corrected chi connectivity index (χ0v) is 17.5. The highest BCUT2D eigenvalue weighted by atomic mass is 32.2. The van der Waals surface area contributed by atoms with Crippen LogP contribution in [0.4, 0.5) is 5.13 Å². The first-order valence-electron chi connectivity index (χ1n) is 8.66. The highest BCUT2D eigenvalue weighted by molar-refractivity contribution is 7.98. The number of aromatic nitrogens is 2. The number of aryl methyl sites for hydroxylation is 1. The molecule has 1 amide bonds. The Morgan fingerprint density at radius 1 is 1.24 bits per heavy atom. The summed E-state index contributed by atoms with van der Waals surface area (Å²) in [5, 5.41) is 12.9. The third-order valence-corrected chi connectivity index (χ3v) is 5.19. The Bertz CT molecular complexity index is 1050. The van der Waals surface area contributed by atoms with Crippen molar-refractivity contribution in [2.45, 2.75) is 18.7 Å². The summed E-state index contributed by atoms with van der Waals surface area (Å²) in [6.07, 6.45) is 3.37. The van der Waals surface area contributed by atoms with Crippen LogP contribution in [0.15, 0.2) is 59.3 Å². The lowest BCUT2D eigenvalue weighted by Gasteiger charge is -2.07. The van der Waals surface area contributed by atoms with Crippen LogP contribution >= 0.6 is 23.3 Å². The van der Waals surface area contributed by atoms with Gasteiger partial charge >= 0.3 is 0 Å². The van der Waals surface area contributed by atoms with Crippen molar-refractivity contribution < 1.29 is 9.53 Å². The molecule has 29 heavy (non-hydrogen) atoms. The molecule has 3 rings (SSSR count). The average molecular weight is 423 g/mol. The first-order chi connectivity index (χ1) is 14.1. The Morgan fingerprint density at radius 2 is 1.97 bits per heavy atom. The second-order valence-electron chi connectivity index (χ2n) is 6.05. The number of hydrogen-bond acceptors (Lipinski definition) is 7. The molecule has 0 unspecified atom stereocenters. The average Bonchev–Trinajstić information content (AvgIpc) is 3.20. The summed E-state index contributed by atoms with van der Waals surface area (Å²) >= 11 is 2.46. The van der Waals surface area contributed by atoms with Gasteiger partial charge in [0.2, 0.25) is 10.3 Å². The summed E-state index contributed by atoms with van der Waals surface area (Å²) in [6, 6.07) is 17.3. The van der Waals surface area contributed by atoms with Crippen LogP contribution < -0.4 is 10.1 Å². The molecule has 0 aliphatic carbocycles. The predicted molar refractivity (Wildman–Crippen MR) is 116 cm³/mol. The molecule has 6 nitrogen and oxygen atoms in total. The molecule has 0 bridgehead atoms. The minimum atomic E-state index is -0.518. The first kappa shape index (κ1) is 20.6. The fourth-order valence-electron chi connectivity index (χ4n) is 2.33. The van der Waals surface area contributed by atoms with Crippen LogP contribution in [0.2, 0.25) is 0 Å². The van der Waals surface area contributed by atoms with Crippen molar-refractivity contribution >= 4 is 40.4 Å². The Morgan fingerprint density at radius 3 is 2.59 bits per heavy atom. The lowest BCUT2D eigenvalue weighted by molar-refractivity contribution is -0.112. The van der Waals surface area contributed by atoms with Crippen LogP contribution in [0.25, 0.3) is 6.08 Å². The molecular formula is C21H18N4O2S2. The lowest BCUT2D eigenvalue weighted by Crippen LogP contribution is -2.13. The monoisotopic (exact) mass is 422 g/mol. The SMILES string of the molecule is CSc1nsc(NC(=O)/C(C#N)=C\c2ccc(OCc3ccc(C)cc3)cc2)n1. The van der Waals surface area contributed by atoms with Crippen LogP contribution in [0.3, 0.4) is 0 Å². The Hall–Kier alpha value is -3.15. The van der Waals surface area contributed by atoms with Crippen LogP contribution in [-0.4, -0.2) is 21.5 Å². The van der Waals surface area contributed by atoms with E-state index in [0.29, 0.717) is 22.6 Å². The van der Waals surface area contributed by atoms with E-state index in [1.165, 1.54) is 23.4 Å². The van der Waals surface area contributed by atoms with Crippen LogP contribution in [0.1, 0.15) is 16.7 Å². The van der Waals surface area contributed by atoms with Crippen molar-refractivity contribution in [3.63, 3.8) is 0 Å². The summed E-state index contributed by atoms with van der Waals surface area (Å²) < 4.78 is 9.85. The quantitative estimate of drug-likeness (QED) is 0.337. The fourth-order valence-corrected chi connectivity index (χ4v) is 3.46. The molecule has 1 aromatic heterocycles. The maximum Gasteiger partial charge on any atom is 0.268 e. The zero-order chi connectivity index (χ0) is 20.6. The number of hydrogen-bond donors (Lipinski definition) is 1. The standard InChI is InChI=1S/C21H18N4O2S2/c1-14-3-5-16(6-4-14)13-27-18-9-7-15(8-10-18)11-17(12-22)19(26)23-20-24-21(28-2)25-29-20/h3-11H,13H2,1-2H3,(H,23,24,25,26)/b17-11-. The van der Waals surface area contributed by atoms with E-state index in [-0.39, 0.29) is 5.57 Å². The number of nitrogens with zero attached hydrogens (tertiary/aromatic N) is 3. The maximum absolute atomic E-state index is 12.3. The molecule has 0 spiro atoms. The van der Waals surface area contributed by atoms with Crippen LogP contribution in [0, 0.1) is 18.3 Å². The van der Waals surface area contributed by atoms with Crippen molar-refractivity contribution in [3.05, 3.63) is 70.8 Å². The second-order valence-corrected chi connectivity index (χ2v) is 7.58. The van der Waals surface area contributed by atoms with Crippen LogP contribution in [-0.2, 0) is 11.4 Å². The van der Waals surface area contributed by atoms with Gasteiger partial charge in [-0.05, 0) is 42.5 Å². The minimum absolute atomic E-state index is 0.0146. The van der Waals surface area contributed by atoms with E-state index >= 15 is 0 Å². The molecule has 0 saturated heterocycles. The highest BCUT2D eigenvalue weighted by Gasteiger charge is 2.12. The van der Waals surface area contributed by atoms with Crippen LogP contribution in [0.5, 0.6) is 5.75 Å². The molecule has 0 radical (unpaired) electrons. The molecule has 0 fully saturated rings. The number of thioether (sulfide) groups is 1. The van der Waals surface area contributed by atoms with Gasteiger partial charge in [-0.2, -0.15) is 14.6 Å². The fraction of sp³-hybridized carbons (Fsp3) is 0.143. The molecule has 0 aliphatic rings. The van der Waals surface area contributed by atoms with Gasteiger partial charge in [0.1, 0.15) is 24.0 Å². The third kappa shape index (κ3) is 5.91. The third-order valence-electron chi connectivity index (χ3n) is 3.89. The van der Waals surface area contributed by atoms with Gasteiger partial charge in [-0.3, -0.25) is 10.1 Å². The van der Waals surface area contributed by atoms with Crippen molar-refractivity contribution in [2.24, 2.45) is 0 Å². The van der Waals surface area contributed by atoms with E-state index in [2.05, 4.69) is 14.7 Å².